The Morgan fingerprint density at radius 3 is 2.74 bits per heavy atom. The number of nitrogens with zero attached hydrogens (tertiary/aromatic N) is 1. The SMILES string of the molecule is CCC(N)Cc1cccc(F)c1N1CC(C)CC1C. The molecule has 3 atom stereocenters. The minimum atomic E-state index is -0.109. The molecule has 2 rings (SSSR count). The molecule has 0 amide bonds. The largest absolute Gasteiger partial charge is 0.366 e. The van der Waals surface area contributed by atoms with E-state index in [1.54, 1.807) is 12.1 Å². The molecule has 1 aliphatic heterocycles. The van der Waals surface area contributed by atoms with Crippen LogP contribution in [0.3, 0.4) is 0 Å². The van der Waals surface area contributed by atoms with Gasteiger partial charge in [0.15, 0.2) is 0 Å². The summed E-state index contributed by atoms with van der Waals surface area (Å²) in [5.74, 6) is 0.518. The maximum atomic E-state index is 14.3. The Morgan fingerprint density at radius 2 is 2.16 bits per heavy atom. The Morgan fingerprint density at radius 1 is 1.42 bits per heavy atom. The predicted octanol–water partition coefficient (Wildman–Crippen LogP) is 3.34. The topological polar surface area (TPSA) is 29.3 Å². The van der Waals surface area contributed by atoms with Gasteiger partial charge in [0.2, 0.25) is 0 Å². The van der Waals surface area contributed by atoms with Crippen LogP contribution in [0.15, 0.2) is 18.2 Å². The summed E-state index contributed by atoms with van der Waals surface area (Å²) in [6, 6.07) is 5.88. The fourth-order valence-corrected chi connectivity index (χ4v) is 3.08. The highest BCUT2D eigenvalue weighted by Crippen LogP contribution is 2.33. The molecule has 1 aromatic rings. The molecule has 19 heavy (non-hydrogen) atoms. The van der Waals surface area contributed by atoms with Gasteiger partial charge in [-0.05, 0) is 43.7 Å². The predicted molar refractivity (Wildman–Crippen MR) is 79.0 cm³/mol. The van der Waals surface area contributed by atoms with Crippen LogP contribution in [0.4, 0.5) is 10.1 Å². The van der Waals surface area contributed by atoms with Crippen LogP contribution in [0.1, 0.15) is 39.2 Å². The molecule has 1 heterocycles. The van der Waals surface area contributed by atoms with Gasteiger partial charge in [-0.3, -0.25) is 0 Å². The summed E-state index contributed by atoms with van der Waals surface area (Å²) < 4.78 is 14.3. The van der Waals surface area contributed by atoms with E-state index < -0.39 is 0 Å². The van der Waals surface area contributed by atoms with Crippen LogP contribution in [0.25, 0.3) is 0 Å². The molecule has 3 heteroatoms. The summed E-state index contributed by atoms with van der Waals surface area (Å²) in [5, 5.41) is 0. The molecule has 0 aromatic heterocycles. The van der Waals surface area contributed by atoms with Gasteiger partial charge in [0.25, 0.3) is 0 Å². The average molecular weight is 264 g/mol. The van der Waals surface area contributed by atoms with Crippen molar-refractivity contribution < 1.29 is 4.39 Å². The molecule has 0 aliphatic carbocycles. The number of hydrogen-bond acceptors (Lipinski definition) is 2. The number of para-hydroxylation sites is 1. The number of anilines is 1. The lowest BCUT2D eigenvalue weighted by Gasteiger charge is -2.27. The van der Waals surface area contributed by atoms with Gasteiger partial charge in [-0.2, -0.15) is 0 Å². The second kappa shape index (κ2) is 5.91. The van der Waals surface area contributed by atoms with E-state index >= 15 is 0 Å². The van der Waals surface area contributed by atoms with Crippen LogP contribution >= 0.6 is 0 Å². The van der Waals surface area contributed by atoms with Crippen LogP contribution in [-0.2, 0) is 6.42 Å². The second-order valence-corrected chi connectivity index (χ2v) is 5.96. The lowest BCUT2D eigenvalue weighted by Crippen LogP contribution is -2.30. The van der Waals surface area contributed by atoms with E-state index in [1.165, 1.54) is 0 Å². The van der Waals surface area contributed by atoms with Crippen molar-refractivity contribution in [3.05, 3.63) is 29.6 Å². The van der Waals surface area contributed by atoms with E-state index in [2.05, 4.69) is 25.7 Å². The number of rotatable bonds is 4. The third-order valence-electron chi connectivity index (χ3n) is 4.15. The van der Waals surface area contributed by atoms with E-state index in [0.29, 0.717) is 12.0 Å². The molecule has 0 bridgehead atoms. The highest BCUT2D eigenvalue weighted by molar-refractivity contribution is 5.56. The van der Waals surface area contributed by atoms with Crippen molar-refractivity contribution in [2.24, 2.45) is 11.7 Å². The van der Waals surface area contributed by atoms with E-state index in [-0.39, 0.29) is 11.9 Å². The van der Waals surface area contributed by atoms with Gasteiger partial charge in [0.1, 0.15) is 5.82 Å². The first kappa shape index (κ1) is 14.3. The first-order chi connectivity index (χ1) is 9.02. The van der Waals surface area contributed by atoms with Crippen LogP contribution in [-0.4, -0.2) is 18.6 Å². The number of benzene rings is 1. The lowest BCUT2D eigenvalue weighted by atomic mass is 10.0. The zero-order chi connectivity index (χ0) is 14.0. The fraction of sp³-hybridized carbons (Fsp3) is 0.625. The monoisotopic (exact) mass is 264 g/mol. The minimum Gasteiger partial charge on any atom is -0.366 e. The van der Waals surface area contributed by atoms with Crippen LogP contribution in [0.5, 0.6) is 0 Å². The van der Waals surface area contributed by atoms with Gasteiger partial charge in [-0.15, -0.1) is 0 Å². The van der Waals surface area contributed by atoms with Crippen molar-refractivity contribution in [1.82, 2.24) is 0 Å². The molecule has 0 saturated carbocycles. The summed E-state index contributed by atoms with van der Waals surface area (Å²) in [5.41, 5.74) is 7.88. The first-order valence-corrected chi connectivity index (χ1v) is 7.32. The van der Waals surface area contributed by atoms with Crippen molar-refractivity contribution >= 4 is 5.69 Å². The summed E-state index contributed by atoms with van der Waals surface area (Å²) >= 11 is 0. The Labute approximate surface area is 115 Å². The minimum absolute atomic E-state index is 0.107. The Balaban J connectivity index is 2.32. The molecule has 106 valence electrons. The summed E-state index contributed by atoms with van der Waals surface area (Å²) in [6.07, 6.45) is 2.80. The normalized spacial score (nSPS) is 24.8. The zero-order valence-electron chi connectivity index (χ0n) is 12.2. The third kappa shape index (κ3) is 3.08. The molecule has 2 nitrogen and oxygen atoms in total. The quantitative estimate of drug-likeness (QED) is 0.903. The maximum Gasteiger partial charge on any atom is 0.146 e. The van der Waals surface area contributed by atoms with Crippen molar-refractivity contribution in [1.29, 1.82) is 0 Å². The van der Waals surface area contributed by atoms with E-state index in [0.717, 1.165) is 37.1 Å². The van der Waals surface area contributed by atoms with Crippen molar-refractivity contribution in [3.63, 3.8) is 0 Å². The van der Waals surface area contributed by atoms with Gasteiger partial charge in [-0.1, -0.05) is 26.0 Å². The Bertz CT molecular complexity index is 433. The summed E-state index contributed by atoms with van der Waals surface area (Å²) in [7, 11) is 0. The highest BCUT2D eigenvalue weighted by atomic mass is 19.1. The fourth-order valence-electron chi connectivity index (χ4n) is 3.08. The van der Waals surface area contributed by atoms with Crippen LogP contribution in [0.2, 0.25) is 0 Å². The van der Waals surface area contributed by atoms with Crippen LogP contribution in [0, 0.1) is 11.7 Å². The molecule has 1 aromatic carbocycles. The Kier molecular flexibility index (Phi) is 4.46. The maximum absolute atomic E-state index is 14.3. The van der Waals surface area contributed by atoms with Crippen molar-refractivity contribution in [2.45, 2.75) is 52.1 Å². The van der Waals surface area contributed by atoms with Crippen LogP contribution < -0.4 is 10.6 Å². The lowest BCUT2D eigenvalue weighted by molar-refractivity contribution is 0.600. The molecular formula is C16H25FN2. The third-order valence-corrected chi connectivity index (χ3v) is 4.15. The van der Waals surface area contributed by atoms with Crippen molar-refractivity contribution in [2.75, 3.05) is 11.4 Å². The molecule has 1 aliphatic rings. The molecular weight excluding hydrogens is 239 g/mol. The van der Waals surface area contributed by atoms with E-state index in [4.69, 9.17) is 5.73 Å². The highest BCUT2D eigenvalue weighted by Gasteiger charge is 2.29. The second-order valence-electron chi connectivity index (χ2n) is 5.96. The van der Waals surface area contributed by atoms with E-state index in [1.807, 2.05) is 6.07 Å². The molecule has 0 spiro atoms. The molecule has 3 unspecified atom stereocenters. The van der Waals surface area contributed by atoms with Gasteiger partial charge in [-0.25, -0.2) is 4.39 Å². The average Bonchev–Trinajstić information content (AvgIpc) is 2.68. The van der Waals surface area contributed by atoms with Crippen molar-refractivity contribution in [3.8, 4) is 0 Å². The smallest absolute Gasteiger partial charge is 0.146 e. The number of halogens is 1. The van der Waals surface area contributed by atoms with Gasteiger partial charge in [0, 0.05) is 18.6 Å². The first-order valence-electron chi connectivity index (χ1n) is 7.32. The van der Waals surface area contributed by atoms with Gasteiger partial charge < -0.3 is 10.6 Å². The number of nitrogens with two attached hydrogens (primary N) is 1. The van der Waals surface area contributed by atoms with Gasteiger partial charge >= 0.3 is 0 Å². The number of hydrogen-bond donors (Lipinski definition) is 1. The molecule has 1 fully saturated rings. The summed E-state index contributed by atoms with van der Waals surface area (Å²) in [4.78, 5) is 2.22. The Hall–Kier alpha value is -1.09. The molecule has 2 N–H and O–H groups in total. The standard InChI is InChI=1S/C16H25FN2/c1-4-14(18)9-13-6-5-7-15(17)16(13)19-10-11(2)8-12(19)3/h5-7,11-12,14H,4,8-10,18H2,1-3H3. The molecule has 1 saturated heterocycles. The zero-order valence-corrected chi connectivity index (χ0v) is 12.2. The van der Waals surface area contributed by atoms with E-state index in [9.17, 15) is 4.39 Å². The summed E-state index contributed by atoms with van der Waals surface area (Å²) in [6.45, 7) is 7.43. The molecule has 0 radical (unpaired) electrons. The van der Waals surface area contributed by atoms with Gasteiger partial charge in [0.05, 0.1) is 5.69 Å².